The van der Waals surface area contributed by atoms with Crippen LogP contribution in [0.15, 0.2) is 24.3 Å². The molecule has 0 aliphatic rings. The molecule has 1 rings (SSSR count). The van der Waals surface area contributed by atoms with E-state index in [0.29, 0.717) is 13.0 Å². The van der Waals surface area contributed by atoms with Crippen LogP contribution in [0.5, 0.6) is 0 Å². The Kier molecular flexibility index (Phi) is 4.59. The number of hydrogen-bond donors (Lipinski definition) is 1. The first-order valence-electron chi connectivity index (χ1n) is 4.99. The minimum atomic E-state index is 0.0728. The van der Waals surface area contributed by atoms with Crippen molar-refractivity contribution in [2.24, 2.45) is 5.73 Å². The maximum Gasteiger partial charge on any atom is 0.174 e. The minimum absolute atomic E-state index is 0.0728. The molecule has 0 bridgehead atoms. The maximum absolute atomic E-state index is 11.5. The maximum atomic E-state index is 11.5. The fourth-order valence-electron chi connectivity index (χ4n) is 1.29. The summed E-state index contributed by atoms with van der Waals surface area (Å²) in [6.45, 7) is 2.37. The van der Waals surface area contributed by atoms with Crippen molar-refractivity contribution in [2.45, 2.75) is 19.8 Å². The predicted octanol–water partition coefficient (Wildman–Crippen LogP) is 1.78. The quantitative estimate of drug-likeness (QED) is 0.596. The van der Waals surface area contributed by atoms with Crippen LogP contribution in [-0.4, -0.2) is 12.3 Å². The third-order valence-corrected chi connectivity index (χ3v) is 2.13. The van der Waals surface area contributed by atoms with E-state index in [1.165, 1.54) is 0 Å². The van der Waals surface area contributed by atoms with Crippen LogP contribution in [-0.2, 0) is 6.42 Å². The standard InChI is InChI=1S/C13H15NO/c1-2-3-4-13(15)12-7-5-11(6-8-12)9-10-14/h5-8H,4,9-10,14H2,1H3. The summed E-state index contributed by atoms with van der Waals surface area (Å²) < 4.78 is 0. The molecule has 0 saturated heterocycles. The number of carbonyl (C=O) groups is 1. The molecule has 0 heterocycles. The Bertz CT molecular complexity index is 381. The second-order valence-corrected chi connectivity index (χ2v) is 3.26. The Balaban J connectivity index is 2.69. The van der Waals surface area contributed by atoms with Crippen molar-refractivity contribution in [2.75, 3.05) is 6.54 Å². The van der Waals surface area contributed by atoms with Crippen LogP contribution in [0, 0.1) is 11.8 Å². The van der Waals surface area contributed by atoms with Gasteiger partial charge < -0.3 is 5.73 Å². The normalized spacial score (nSPS) is 9.20. The van der Waals surface area contributed by atoms with Gasteiger partial charge in [-0.3, -0.25) is 4.79 Å². The molecule has 0 saturated carbocycles. The highest BCUT2D eigenvalue weighted by Gasteiger charge is 2.02. The molecule has 2 nitrogen and oxygen atoms in total. The molecule has 2 heteroatoms. The largest absolute Gasteiger partial charge is 0.330 e. The average Bonchev–Trinajstić information content (AvgIpc) is 2.27. The van der Waals surface area contributed by atoms with E-state index in [-0.39, 0.29) is 5.78 Å². The lowest BCUT2D eigenvalue weighted by Gasteiger charge is -2.00. The van der Waals surface area contributed by atoms with Gasteiger partial charge in [0.2, 0.25) is 0 Å². The van der Waals surface area contributed by atoms with E-state index in [1.54, 1.807) is 6.92 Å². The van der Waals surface area contributed by atoms with Crippen molar-refractivity contribution in [1.82, 2.24) is 0 Å². The molecule has 0 aromatic heterocycles. The van der Waals surface area contributed by atoms with Gasteiger partial charge in [0.15, 0.2) is 5.78 Å². The summed E-state index contributed by atoms with van der Waals surface area (Å²) in [7, 11) is 0. The van der Waals surface area contributed by atoms with Crippen LogP contribution in [0.4, 0.5) is 0 Å². The van der Waals surface area contributed by atoms with E-state index in [4.69, 9.17) is 5.73 Å². The Morgan fingerprint density at radius 3 is 2.53 bits per heavy atom. The molecule has 1 aromatic carbocycles. The monoisotopic (exact) mass is 201 g/mol. The molecule has 0 aliphatic heterocycles. The van der Waals surface area contributed by atoms with Crippen molar-refractivity contribution in [3.05, 3.63) is 35.4 Å². The number of carbonyl (C=O) groups excluding carboxylic acids is 1. The van der Waals surface area contributed by atoms with E-state index < -0.39 is 0 Å². The van der Waals surface area contributed by atoms with Gasteiger partial charge in [-0.1, -0.05) is 30.2 Å². The van der Waals surface area contributed by atoms with Gasteiger partial charge in [0.25, 0.3) is 0 Å². The van der Waals surface area contributed by atoms with Gasteiger partial charge in [0, 0.05) is 5.56 Å². The molecule has 0 unspecified atom stereocenters. The molecule has 0 spiro atoms. The summed E-state index contributed by atoms with van der Waals surface area (Å²) in [6, 6.07) is 7.56. The number of Topliss-reactive ketones (excluding diaryl/α,β-unsaturated/α-hetero) is 1. The molecule has 0 radical (unpaired) electrons. The molecular formula is C13H15NO. The zero-order valence-electron chi connectivity index (χ0n) is 8.92. The van der Waals surface area contributed by atoms with Crippen molar-refractivity contribution in [3.63, 3.8) is 0 Å². The molecule has 78 valence electrons. The summed E-state index contributed by atoms with van der Waals surface area (Å²) in [5.41, 5.74) is 7.32. The van der Waals surface area contributed by atoms with E-state index in [2.05, 4.69) is 11.8 Å². The fourth-order valence-corrected chi connectivity index (χ4v) is 1.29. The van der Waals surface area contributed by atoms with Gasteiger partial charge >= 0.3 is 0 Å². The molecule has 0 aliphatic carbocycles. The number of ketones is 1. The Hall–Kier alpha value is -1.59. The van der Waals surface area contributed by atoms with Gasteiger partial charge in [0.05, 0.1) is 6.42 Å². The summed E-state index contributed by atoms with van der Waals surface area (Å²) in [4.78, 5) is 11.5. The molecule has 1 aromatic rings. The number of benzene rings is 1. The number of rotatable bonds is 4. The highest BCUT2D eigenvalue weighted by atomic mass is 16.1. The van der Waals surface area contributed by atoms with Crippen LogP contribution < -0.4 is 5.73 Å². The van der Waals surface area contributed by atoms with Crippen molar-refractivity contribution < 1.29 is 4.79 Å². The summed E-state index contributed by atoms with van der Waals surface area (Å²) in [6.07, 6.45) is 1.15. The first-order chi connectivity index (χ1) is 7.27. The topological polar surface area (TPSA) is 43.1 Å². The Morgan fingerprint density at radius 1 is 1.33 bits per heavy atom. The zero-order valence-corrected chi connectivity index (χ0v) is 8.92. The Labute approximate surface area is 90.5 Å². The molecule has 0 atom stereocenters. The van der Waals surface area contributed by atoms with Crippen molar-refractivity contribution >= 4 is 5.78 Å². The van der Waals surface area contributed by atoms with Crippen LogP contribution >= 0.6 is 0 Å². The molecule has 15 heavy (non-hydrogen) atoms. The zero-order chi connectivity index (χ0) is 11.1. The first-order valence-corrected chi connectivity index (χ1v) is 4.99. The van der Waals surface area contributed by atoms with Gasteiger partial charge in [-0.25, -0.2) is 0 Å². The van der Waals surface area contributed by atoms with Gasteiger partial charge in [-0.2, -0.15) is 0 Å². The third kappa shape index (κ3) is 3.57. The molecule has 2 N–H and O–H groups in total. The van der Waals surface area contributed by atoms with E-state index in [9.17, 15) is 4.79 Å². The van der Waals surface area contributed by atoms with Crippen LogP contribution in [0.1, 0.15) is 29.3 Å². The summed E-state index contributed by atoms with van der Waals surface area (Å²) in [5, 5.41) is 0. The van der Waals surface area contributed by atoms with E-state index >= 15 is 0 Å². The lowest BCUT2D eigenvalue weighted by molar-refractivity contribution is 0.0998. The van der Waals surface area contributed by atoms with E-state index in [1.807, 2.05) is 24.3 Å². The number of nitrogens with two attached hydrogens (primary N) is 1. The van der Waals surface area contributed by atoms with Gasteiger partial charge in [-0.05, 0) is 25.5 Å². The fraction of sp³-hybridized carbons (Fsp3) is 0.308. The predicted molar refractivity (Wildman–Crippen MR) is 61.6 cm³/mol. The van der Waals surface area contributed by atoms with E-state index in [0.717, 1.165) is 17.5 Å². The summed E-state index contributed by atoms with van der Waals surface area (Å²) in [5.74, 6) is 5.55. The smallest absolute Gasteiger partial charge is 0.174 e. The molecule has 0 amide bonds. The van der Waals surface area contributed by atoms with Gasteiger partial charge in [-0.15, -0.1) is 5.92 Å². The lowest BCUT2D eigenvalue weighted by Crippen LogP contribution is -2.03. The summed E-state index contributed by atoms with van der Waals surface area (Å²) >= 11 is 0. The number of hydrogen-bond acceptors (Lipinski definition) is 2. The highest BCUT2D eigenvalue weighted by molar-refractivity contribution is 5.97. The van der Waals surface area contributed by atoms with Crippen LogP contribution in [0.3, 0.4) is 0 Å². The first kappa shape index (κ1) is 11.5. The van der Waals surface area contributed by atoms with Crippen LogP contribution in [0.25, 0.3) is 0 Å². The average molecular weight is 201 g/mol. The van der Waals surface area contributed by atoms with Gasteiger partial charge in [0.1, 0.15) is 0 Å². The Morgan fingerprint density at radius 2 is 2.00 bits per heavy atom. The van der Waals surface area contributed by atoms with Crippen LogP contribution in [0.2, 0.25) is 0 Å². The SMILES string of the molecule is CC#CCC(=O)c1ccc(CCN)cc1. The highest BCUT2D eigenvalue weighted by Crippen LogP contribution is 2.07. The van der Waals surface area contributed by atoms with Crippen molar-refractivity contribution in [3.8, 4) is 11.8 Å². The second-order valence-electron chi connectivity index (χ2n) is 3.26. The molecular weight excluding hydrogens is 186 g/mol. The third-order valence-electron chi connectivity index (χ3n) is 2.13. The lowest BCUT2D eigenvalue weighted by atomic mass is 10.0. The molecule has 0 fully saturated rings. The minimum Gasteiger partial charge on any atom is -0.330 e. The second kappa shape index (κ2) is 6.00. The van der Waals surface area contributed by atoms with Crippen molar-refractivity contribution in [1.29, 1.82) is 0 Å².